The van der Waals surface area contributed by atoms with Gasteiger partial charge in [-0.1, -0.05) is 45.4 Å². The number of aliphatic hydroxyl groups is 1. The van der Waals surface area contributed by atoms with Crippen molar-refractivity contribution in [1.29, 1.82) is 0 Å². The third-order valence-corrected chi connectivity index (χ3v) is 3.31. The van der Waals surface area contributed by atoms with E-state index in [1.54, 1.807) is 0 Å². The molecular weight excluding hydrogens is 268 g/mol. The van der Waals surface area contributed by atoms with E-state index in [4.69, 9.17) is 9.47 Å². The molecule has 118 valence electrons. The summed E-state index contributed by atoms with van der Waals surface area (Å²) < 4.78 is 10.6. The molecule has 1 N–H and O–H groups in total. The van der Waals surface area contributed by atoms with Gasteiger partial charge in [-0.25, -0.2) is 0 Å². The lowest BCUT2D eigenvalue weighted by Gasteiger charge is -2.20. The van der Waals surface area contributed by atoms with Crippen molar-refractivity contribution in [2.24, 2.45) is 11.8 Å². The molecule has 1 rings (SSSR count). The Hall–Kier alpha value is -1.55. The van der Waals surface area contributed by atoms with Crippen molar-refractivity contribution in [3.63, 3.8) is 0 Å². The largest absolute Gasteiger partial charge is 0.491 e. The van der Waals surface area contributed by atoms with Crippen LogP contribution in [0.3, 0.4) is 0 Å². The summed E-state index contributed by atoms with van der Waals surface area (Å²) in [6.07, 6.45) is 0.939. The van der Waals surface area contributed by atoms with Crippen molar-refractivity contribution in [1.82, 2.24) is 0 Å². The highest BCUT2D eigenvalue weighted by Crippen LogP contribution is 2.18. The van der Waals surface area contributed by atoms with E-state index < -0.39 is 6.10 Å². The van der Waals surface area contributed by atoms with E-state index in [0.29, 0.717) is 5.75 Å². The molecule has 2 unspecified atom stereocenters. The average molecular weight is 294 g/mol. The molecule has 0 bridgehead atoms. The summed E-state index contributed by atoms with van der Waals surface area (Å²) >= 11 is 0. The quantitative estimate of drug-likeness (QED) is 0.711. The molecule has 0 aliphatic heterocycles. The lowest BCUT2D eigenvalue weighted by molar-refractivity contribution is -0.154. The molecule has 1 aromatic rings. The van der Waals surface area contributed by atoms with E-state index in [-0.39, 0.29) is 31.0 Å². The highest BCUT2D eigenvalue weighted by Gasteiger charge is 2.23. The van der Waals surface area contributed by atoms with Crippen molar-refractivity contribution in [2.75, 3.05) is 13.2 Å². The van der Waals surface area contributed by atoms with Crippen LogP contribution < -0.4 is 4.74 Å². The number of hydrogen-bond donors (Lipinski definition) is 1. The zero-order chi connectivity index (χ0) is 15.7. The zero-order valence-electron chi connectivity index (χ0n) is 13.1. The number of hydrogen-bond acceptors (Lipinski definition) is 4. The van der Waals surface area contributed by atoms with E-state index >= 15 is 0 Å². The van der Waals surface area contributed by atoms with E-state index in [2.05, 4.69) is 0 Å². The Bertz CT molecular complexity index is 403. The number of para-hydroxylation sites is 1. The topological polar surface area (TPSA) is 55.8 Å². The van der Waals surface area contributed by atoms with Gasteiger partial charge in [-0.15, -0.1) is 0 Å². The maximum absolute atomic E-state index is 12.0. The molecule has 0 aromatic heterocycles. The molecule has 0 fully saturated rings. The van der Waals surface area contributed by atoms with Gasteiger partial charge < -0.3 is 14.6 Å². The van der Waals surface area contributed by atoms with Gasteiger partial charge in [-0.05, 0) is 24.5 Å². The van der Waals surface area contributed by atoms with Crippen LogP contribution >= 0.6 is 0 Å². The first kappa shape index (κ1) is 17.5. The van der Waals surface area contributed by atoms with Gasteiger partial charge in [0.15, 0.2) is 0 Å². The van der Waals surface area contributed by atoms with E-state index in [0.717, 1.165) is 12.8 Å². The fourth-order valence-electron chi connectivity index (χ4n) is 2.08. The van der Waals surface area contributed by atoms with Crippen molar-refractivity contribution in [2.45, 2.75) is 39.7 Å². The van der Waals surface area contributed by atoms with Crippen LogP contribution in [0.25, 0.3) is 0 Å². The molecule has 4 nitrogen and oxygen atoms in total. The summed E-state index contributed by atoms with van der Waals surface area (Å²) in [6, 6.07) is 9.24. The minimum atomic E-state index is -0.816. The third kappa shape index (κ3) is 6.63. The Balaban J connectivity index is 2.31. The first-order chi connectivity index (χ1) is 10.0. The highest BCUT2D eigenvalue weighted by atomic mass is 16.5. The summed E-state index contributed by atoms with van der Waals surface area (Å²) in [5.74, 6) is 0.604. The number of carbonyl (C=O) groups is 1. The number of carbonyl (C=O) groups excluding carboxylic acids is 1. The molecule has 0 saturated heterocycles. The summed E-state index contributed by atoms with van der Waals surface area (Å²) in [5, 5.41) is 9.81. The van der Waals surface area contributed by atoms with Gasteiger partial charge in [-0.3, -0.25) is 4.79 Å². The standard InChI is InChI=1S/C17H26O4/c1-4-8-16(13(2)3)17(19)21-12-14(18)11-20-15-9-6-5-7-10-15/h5-7,9-10,13-14,16,18H,4,8,11-12H2,1-3H3. The second-order valence-corrected chi connectivity index (χ2v) is 5.55. The molecular formula is C17H26O4. The van der Waals surface area contributed by atoms with Crippen molar-refractivity contribution in [3.8, 4) is 5.75 Å². The van der Waals surface area contributed by atoms with Crippen LogP contribution in [0.2, 0.25) is 0 Å². The lowest BCUT2D eigenvalue weighted by Crippen LogP contribution is -2.29. The number of ether oxygens (including phenoxy) is 2. The molecule has 0 saturated carbocycles. The molecule has 0 heterocycles. The lowest BCUT2D eigenvalue weighted by atomic mass is 9.91. The van der Waals surface area contributed by atoms with E-state index in [1.165, 1.54) is 0 Å². The van der Waals surface area contributed by atoms with Crippen LogP contribution in [-0.2, 0) is 9.53 Å². The van der Waals surface area contributed by atoms with Gasteiger partial charge in [0.25, 0.3) is 0 Å². The van der Waals surface area contributed by atoms with Crippen LogP contribution in [0, 0.1) is 11.8 Å². The summed E-state index contributed by atoms with van der Waals surface area (Å²) in [5.41, 5.74) is 0. The number of benzene rings is 1. The van der Waals surface area contributed by atoms with Gasteiger partial charge in [0.05, 0.1) is 5.92 Å². The Kier molecular flexibility index (Phi) is 7.83. The minimum Gasteiger partial charge on any atom is -0.491 e. The summed E-state index contributed by atoms with van der Waals surface area (Å²) in [4.78, 5) is 12.0. The second kappa shape index (κ2) is 9.40. The number of esters is 1. The maximum atomic E-state index is 12.0. The zero-order valence-corrected chi connectivity index (χ0v) is 13.1. The monoisotopic (exact) mass is 294 g/mol. The average Bonchev–Trinajstić information content (AvgIpc) is 2.49. The molecule has 1 aromatic carbocycles. The van der Waals surface area contributed by atoms with Gasteiger partial charge in [0, 0.05) is 0 Å². The Morgan fingerprint density at radius 3 is 2.43 bits per heavy atom. The predicted octanol–water partition coefficient (Wildman–Crippen LogP) is 3.04. The molecule has 0 spiro atoms. The Morgan fingerprint density at radius 1 is 1.19 bits per heavy atom. The van der Waals surface area contributed by atoms with Gasteiger partial charge in [-0.2, -0.15) is 0 Å². The summed E-state index contributed by atoms with van der Waals surface area (Å²) in [7, 11) is 0. The van der Waals surface area contributed by atoms with Crippen LogP contribution in [0.15, 0.2) is 30.3 Å². The van der Waals surface area contributed by atoms with E-state index in [1.807, 2.05) is 51.1 Å². The normalized spacial score (nSPS) is 13.8. The van der Waals surface area contributed by atoms with Crippen molar-refractivity contribution in [3.05, 3.63) is 30.3 Å². The minimum absolute atomic E-state index is 0.0292. The Morgan fingerprint density at radius 2 is 1.86 bits per heavy atom. The van der Waals surface area contributed by atoms with Crippen molar-refractivity contribution >= 4 is 5.97 Å². The SMILES string of the molecule is CCCC(C(=O)OCC(O)COc1ccccc1)C(C)C. The van der Waals surface area contributed by atoms with Crippen molar-refractivity contribution < 1.29 is 19.4 Å². The molecule has 21 heavy (non-hydrogen) atoms. The molecule has 0 aliphatic carbocycles. The van der Waals surface area contributed by atoms with Crippen LogP contribution in [0.4, 0.5) is 0 Å². The van der Waals surface area contributed by atoms with Gasteiger partial charge in [0.1, 0.15) is 25.1 Å². The highest BCUT2D eigenvalue weighted by molar-refractivity contribution is 5.72. The molecule has 0 aliphatic rings. The maximum Gasteiger partial charge on any atom is 0.309 e. The first-order valence-electron chi connectivity index (χ1n) is 7.57. The fraction of sp³-hybridized carbons (Fsp3) is 0.588. The molecule has 2 atom stereocenters. The predicted molar refractivity (Wildman–Crippen MR) is 82.1 cm³/mol. The second-order valence-electron chi connectivity index (χ2n) is 5.55. The van der Waals surface area contributed by atoms with Crippen LogP contribution in [0.5, 0.6) is 5.75 Å². The summed E-state index contributed by atoms with van der Waals surface area (Å²) in [6.45, 7) is 6.15. The number of aliphatic hydroxyl groups excluding tert-OH is 1. The Labute approximate surface area is 127 Å². The molecule has 4 heteroatoms. The third-order valence-electron chi connectivity index (χ3n) is 3.31. The molecule has 0 radical (unpaired) electrons. The van der Waals surface area contributed by atoms with E-state index in [9.17, 15) is 9.90 Å². The van der Waals surface area contributed by atoms with Gasteiger partial charge in [0.2, 0.25) is 0 Å². The number of rotatable bonds is 9. The first-order valence-corrected chi connectivity index (χ1v) is 7.57. The van der Waals surface area contributed by atoms with Gasteiger partial charge >= 0.3 is 5.97 Å². The molecule has 0 amide bonds. The van der Waals surface area contributed by atoms with Crippen LogP contribution in [-0.4, -0.2) is 30.4 Å². The fourth-order valence-corrected chi connectivity index (χ4v) is 2.08. The smallest absolute Gasteiger partial charge is 0.309 e. The van der Waals surface area contributed by atoms with Crippen LogP contribution in [0.1, 0.15) is 33.6 Å².